The highest BCUT2D eigenvalue weighted by molar-refractivity contribution is 6.25. The van der Waals surface area contributed by atoms with Crippen LogP contribution in [-0.4, -0.2) is 55.5 Å². The van der Waals surface area contributed by atoms with Crippen LogP contribution in [0.15, 0.2) is 30.5 Å². The smallest absolute Gasteiger partial charge is 0.139 e. The molecule has 0 spiro atoms. The van der Waals surface area contributed by atoms with Crippen molar-refractivity contribution in [2.45, 2.75) is 11.1 Å². The van der Waals surface area contributed by atoms with Crippen molar-refractivity contribution in [3.8, 4) is 0 Å². The van der Waals surface area contributed by atoms with Crippen LogP contribution in [-0.2, 0) is 5.50 Å². The molecule has 1 heterocycles. The van der Waals surface area contributed by atoms with E-state index >= 15 is 0 Å². The third kappa shape index (κ3) is 1.77. The van der Waals surface area contributed by atoms with Gasteiger partial charge in [-0.15, -0.1) is 0 Å². The molecule has 2 unspecified atom stereocenters. The van der Waals surface area contributed by atoms with Crippen molar-refractivity contribution in [2.75, 3.05) is 14.1 Å². The number of hydrogen-bond donors (Lipinski definition) is 3. The summed E-state index contributed by atoms with van der Waals surface area (Å²) in [5.74, 6) is 0. The maximum Gasteiger partial charge on any atom is 0.139 e. The lowest BCUT2D eigenvalue weighted by molar-refractivity contribution is -0.126. The maximum absolute atomic E-state index is 10.4. The summed E-state index contributed by atoms with van der Waals surface area (Å²) in [6, 6.07) is 7.32. The van der Waals surface area contributed by atoms with E-state index in [1.807, 2.05) is 18.2 Å². The minimum Gasteiger partial charge on any atom is -0.392 e. The molecule has 4 radical (unpaired) electrons. The van der Waals surface area contributed by atoms with Gasteiger partial charge in [0, 0.05) is 22.7 Å². The van der Waals surface area contributed by atoms with Gasteiger partial charge in [-0.1, -0.05) is 18.2 Å². The number of nitrogens with zero attached hydrogens (tertiary/aromatic N) is 1. The van der Waals surface area contributed by atoms with Crippen LogP contribution < -0.4 is 0 Å². The highest BCUT2D eigenvalue weighted by Gasteiger charge is 2.44. The lowest BCUT2D eigenvalue weighted by Gasteiger charge is -2.44. The molecule has 1 aromatic heterocycles. The van der Waals surface area contributed by atoms with Gasteiger partial charge in [-0.25, -0.2) is 0 Å². The first-order valence-corrected chi connectivity index (χ1v) is 5.55. The normalized spacial score (nSPS) is 18.7. The molecule has 0 aliphatic carbocycles. The first-order chi connectivity index (χ1) is 8.28. The van der Waals surface area contributed by atoms with E-state index in [-0.39, 0.29) is 0 Å². The number of aromatic nitrogens is 1. The molecule has 18 heavy (non-hydrogen) atoms. The number of para-hydroxylation sites is 1. The largest absolute Gasteiger partial charge is 0.392 e. The van der Waals surface area contributed by atoms with Gasteiger partial charge in [0.2, 0.25) is 0 Å². The first-order valence-electron chi connectivity index (χ1n) is 5.55. The molecular formula is C12H14B2N2O2. The second-order valence-corrected chi connectivity index (χ2v) is 4.63. The second kappa shape index (κ2) is 4.16. The molecule has 0 aliphatic heterocycles. The zero-order valence-corrected chi connectivity index (χ0v) is 10.4. The summed E-state index contributed by atoms with van der Waals surface area (Å²) < 4.78 is 0. The minimum atomic E-state index is -2.10. The predicted octanol–water partition coefficient (Wildman–Crippen LogP) is -0.142. The van der Waals surface area contributed by atoms with Gasteiger partial charge in [0.15, 0.2) is 0 Å². The number of benzene rings is 1. The Hall–Kier alpha value is -1.23. The van der Waals surface area contributed by atoms with E-state index in [0.717, 1.165) is 5.52 Å². The fraction of sp³-hybridized carbons (Fsp3) is 0.333. The maximum atomic E-state index is 10.4. The molecule has 4 nitrogen and oxygen atoms in total. The Morgan fingerprint density at radius 3 is 2.39 bits per heavy atom. The molecule has 2 rings (SSSR count). The van der Waals surface area contributed by atoms with Gasteiger partial charge in [0.25, 0.3) is 0 Å². The molecule has 2 atom stereocenters. The number of aromatic amines is 1. The highest BCUT2D eigenvalue weighted by atomic mass is 16.4. The molecule has 3 N–H and O–H groups in total. The van der Waals surface area contributed by atoms with E-state index in [9.17, 15) is 10.2 Å². The molecule has 2 aromatic rings. The number of nitrogens with one attached hydrogen (secondary N) is 1. The average Bonchev–Trinajstić information content (AvgIpc) is 2.72. The van der Waals surface area contributed by atoms with Crippen molar-refractivity contribution in [1.82, 2.24) is 9.88 Å². The van der Waals surface area contributed by atoms with Gasteiger partial charge in [-0.2, -0.15) is 0 Å². The Labute approximate surface area is 108 Å². The molecule has 0 saturated carbocycles. The SMILES string of the molecule is [B]C(O)(c1c[nH]c2ccccc12)C([B])(O)N(C)C. The van der Waals surface area contributed by atoms with Crippen molar-refractivity contribution >= 4 is 26.6 Å². The Bertz CT molecular complexity index is 564. The Morgan fingerprint density at radius 1 is 1.17 bits per heavy atom. The van der Waals surface area contributed by atoms with Gasteiger partial charge in [-0.3, -0.25) is 4.90 Å². The topological polar surface area (TPSA) is 59.5 Å². The Morgan fingerprint density at radius 2 is 1.78 bits per heavy atom. The van der Waals surface area contributed by atoms with E-state index in [4.69, 9.17) is 15.7 Å². The van der Waals surface area contributed by atoms with Gasteiger partial charge in [-0.05, 0) is 20.2 Å². The zero-order chi connectivity index (χ0) is 13.6. The molecule has 0 fully saturated rings. The number of aliphatic hydroxyl groups is 2. The van der Waals surface area contributed by atoms with Crippen molar-refractivity contribution in [3.63, 3.8) is 0 Å². The Balaban J connectivity index is 2.60. The molecule has 0 bridgehead atoms. The molecule has 1 aromatic carbocycles. The van der Waals surface area contributed by atoms with Crippen molar-refractivity contribution in [1.29, 1.82) is 0 Å². The summed E-state index contributed by atoms with van der Waals surface area (Å²) in [5.41, 5.74) is -3.03. The number of likely N-dealkylation sites (N-methyl/N-ethyl adjacent to an activating group) is 1. The van der Waals surface area contributed by atoms with E-state index in [2.05, 4.69) is 4.98 Å². The molecule has 0 saturated heterocycles. The molecule has 0 aliphatic rings. The van der Waals surface area contributed by atoms with Gasteiger partial charge in [0.1, 0.15) is 15.7 Å². The van der Waals surface area contributed by atoms with Crippen LogP contribution in [0, 0.1) is 0 Å². The van der Waals surface area contributed by atoms with E-state index in [1.165, 1.54) is 19.0 Å². The van der Waals surface area contributed by atoms with Crippen molar-refractivity contribution in [2.24, 2.45) is 0 Å². The monoisotopic (exact) mass is 240 g/mol. The third-order valence-corrected chi connectivity index (χ3v) is 3.24. The van der Waals surface area contributed by atoms with Crippen LogP contribution in [0.5, 0.6) is 0 Å². The minimum absolute atomic E-state index is 0.344. The number of fused-ring (bicyclic) bond motifs is 1. The van der Waals surface area contributed by atoms with Crippen molar-refractivity contribution in [3.05, 3.63) is 36.0 Å². The fourth-order valence-electron chi connectivity index (χ4n) is 1.93. The molecule has 90 valence electrons. The summed E-state index contributed by atoms with van der Waals surface area (Å²) in [6.07, 6.45) is 1.55. The predicted molar refractivity (Wildman–Crippen MR) is 72.3 cm³/mol. The van der Waals surface area contributed by atoms with Crippen LogP contribution in [0.1, 0.15) is 5.56 Å². The van der Waals surface area contributed by atoms with E-state index < -0.39 is 11.1 Å². The standard InChI is InChI=1S/C12H14B2N2O2/c1-16(2)12(14,18)11(13,17)9-7-15-10-6-4-3-5-8(9)10/h3-7,15,17-18H,1-2H3. The second-order valence-electron chi connectivity index (χ2n) is 4.63. The zero-order valence-electron chi connectivity index (χ0n) is 10.4. The average molecular weight is 240 g/mol. The van der Waals surface area contributed by atoms with Crippen LogP contribution in [0.2, 0.25) is 0 Å². The van der Waals surface area contributed by atoms with Crippen molar-refractivity contribution < 1.29 is 10.2 Å². The fourth-order valence-corrected chi connectivity index (χ4v) is 1.93. The third-order valence-electron chi connectivity index (χ3n) is 3.24. The Kier molecular flexibility index (Phi) is 3.05. The summed E-state index contributed by atoms with van der Waals surface area (Å²) in [6.45, 7) is 0. The van der Waals surface area contributed by atoms with Gasteiger partial charge >= 0.3 is 0 Å². The summed E-state index contributed by atoms with van der Waals surface area (Å²) >= 11 is 0. The summed E-state index contributed by atoms with van der Waals surface area (Å²) in [7, 11) is 14.6. The molecule has 6 heteroatoms. The summed E-state index contributed by atoms with van der Waals surface area (Å²) in [5, 5.41) is 21.3. The lowest BCUT2D eigenvalue weighted by Crippen LogP contribution is -2.61. The van der Waals surface area contributed by atoms with E-state index in [1.54, 1.807) is 12.3 Å². The van der Waals surface area contributed by atoms with Crippen LogP contribution in [0.25, 0.3) is 10.9 Å². The van der Waals surface area contributed by atoms with Gasteiger partial charge < -0.3 is 15.2 Å². The number of hydrogen-bond acceptors (Lipinski definition) is 3. The van der Waals surface area contributed by atoms with Gasteiger partial charge in [0.05, 0.1) is 11.1 Å². The molecular weight excluding hydrogens is 226 g/mol. The molecule has 0 amide bonds. The van der Waals surface area contributed by atoms with Crippen LogP contribution >= 0.6 is 0 Å². The number of rotatable bonds is 3. The quantitative estimate of drug-likeness (QED) is 0.516. The van der Waals surface area contributed by atoms with Crippen LogP contribution in [0.3, 0.4) is 0 Å². The van der Waals surface area contributed by atoms with Crippen LogP contribution in [0.4, 0.5) is 0 Å². The highest BCUT2D eigenvalue weighted by Crippen LogP contribution is 2.34. The lowest BCUT2D eigenvalue weighted by atomic mass is 9.60. The summed E-state index contributed by atoms with van der Waals surface area (Å²) in [4.78, 5) is 4.24. The first kappa shape index (κ1) is 13.2. The van der Waals surface area contributed by atoms with E-state index in [0.29, 0.717) is 10.9 Å². The number of H-pyrrole nitrogens is 1.